The molecule has 0 saturated heterocycles. The van der Waals surface area contributed by atoms with E-state index in [1.807, 2.05) is 0 Å². The number of phenols is 19. The van der Waals surface area contributed by atoms with Gasteiger partial charge in [-0.25, -0.2) is 24.0 Å². The van der Waals surface area contributed by atoms with Crippen LogP contribution in [0, 0.1) is 0 Å². The standard InChI is InChI=1S/C56H40O31/c57-18-2-1-12(3-19(18)58)48-26(65)6-14-27(83-48)10-20(59)32(37(14)66)35-34-36-33(45(74)47(76)46(34)75)31-17(9-25(64)41(70)44(31)73)55(80)87-51(50(35)86-56(36)81)49-28(84-52(77)13-4-21(60)38(67)22(61)5-13)11-82-53(78)15-7-23(62)39(68)42(71)29(15)30-16(54(79)85-49)8-24(63)40(69)43(30)72/h1-5,7-10,26,28,35,48-51,57-76H,6,11H2/t26-,28+,35-,48+,49+,50-,51-/m0/s1. The molecule has 0 spiro atoms. The summed E-state index contributed by atoms with van der Waals surface area (Å²) < 4.78 is 35.1. The van der Waals surface area contributed by atoms with Gasteiger partial charge in [-0.1, -0.05) is 6.07 Å². The van der Waals surface area contributed by atoms with Crippen molar-refractivity contribution < 1.29 is 155 Å². The number of aromatic hydroxyl groups is 19. The van der Waals surface area contributed by atoms with Crippen LogP contribution in [0.25, 0.3) is 22.3 Å². The lowest BCUT2D eigenvalue weighted by Gasteiger charge is -2.43. The second kappa shape index (κ2) is 20.0. The molecule has 4 heterocycles. The van der Waals surface area contributed by atoms with Crippen LogP contribution in [0.2, 0.25) is 0 Å². The van der Waals surface area contributed by atoms with Crippen molar-refractivity contribution in [2.75, 3.05) is 6.61 Å². The van der Waals surface area contributed by atoms with Gasteiger partial charge in [0.05, 0.1) is 39.8 Å². The van der Waals surface area contributed by atoms with E-state index in [0.717, 1.165) is 18.2 Å². The number of carbonyl (C=O) groups is 5. The van der Waals surface area contributed by atoms with Gasteiger partial charge in [-0.15, -0.1) is 0 Å². The molecule has 0 radical (unpaired) electrons. The summed E-state index contributed by atoms with van der Waals surface area (Å²) in [5.74, 6) is -37.9. The number of esters is 5. The molecule has 0 amide bonds. The van der Waals surface area contributed by atoms with E-state index in [4.69, 9.17) is 28.4 Å². The lowest BCUT2D eigenvalue weighted by atomic mass is 9.74. The van der Waals surface area contributed by atoms with Crippen LogP contribution in [-0.4, -0.2) is 169 Å². The van der Waals surface area contributed by atoms with E-state index in [2.05, 4.69) is 0 Å². The summed E-state index contributed by atoms with van der Waals surface area (Å²) in [6.45, 7) is -1.63. The molecule has 31 nitrogen and oxygen atoms in total. The zero-order valence-corrected chi connectivity index (χ0v) is 43.1. The maximum Gasteiger partial charge on any atom is 0.339 e. The number of aliphatic hydroxyl groups excluding tert-OH is 1. The molecular weight excluding hydrogens is 1170 g/mol. The summed E-state index contributed by atoms with van der Waals surface area (Å²) in [4.78, 5) is 74.4. The predicted octanol–water partition coefficient (Wildman–Crippen LogP) is 3.30. The third-order valence-electron chi connectivity index (χ3n) is 14.9. The number of hydrogen-bond donors (Lipinski definition) is 20. The Labute approximate surface area is 480 Å². The largest absolute Gasteiger partial charge is 0.507 e. The molecule has 2 bridgehead atoms. The highest BCUT2D eigenvalue weighted by molar-refractivity contribution is 6.11. The molecule has 4 aliphatic heterocycles. The highest BCUT2D eigenvalue weighted by atomic mass is 16.6. The van der Waals surface area contributed by atoms with Crippen molar-refractivity contribution in [3.63, 3.8) is 0 Å². The van der Waals surface area contributed by atoms with E-state index in [9.17, 15) is 112 Å². The third kappa shape index (κ3) is 8.66. The van der Waals surface area contributed by atoms with Crippen LogP contribution in [0.3, 0.4) is 0 Å². The Bertz CT molecular complexity index is 4220. The Hall–Kier alpha value is -12.2. The number of rotatable bonds is 5. The van der Waals surface area contributed by atoms with Crippen molar-refractivity contribution in [2.24, 2.45) is 0 Å². The molecule has 450 valence electrons. The molecule has 0 saturated carbocycles. The predicted molar refractivity (Wildman–Crippen MR) is 277 cm³/mol. The molecule has 7 aromatic carbocycles. The maximum absolute atomic E-state index is 15.3. The smallest absolute Gasteiger partial charge is 0.339 e. The first-order chi connectivity index (χ1) is 41.0. The van der Waals surface area contributed by atoms with Gasteiger partial charge in [0.15, 0.2) is 99.2 Å². The summed E-state index contributed by atoms with van der Waals surface area (Å²) in [7, 11) is 0. The van der Waals surface area contributed by atoms with Gasteiger partial charge in [0.2, 0.25) is 23.0 Å². The third-order valence-corrected chi connectivity index (χ3v) is 14.9. The quantitative estimate of drug-likeness (QED) is 0.0668. The lowest BCUT2D eigenvalue weighted by molar-refractivity contribution is -0.135. The normalized spacial score (nSPS) is 20.4. The van der Waals surface area contributed by atoms with Gasteiger partial charge in [0.25, 0.3) is 0 Å². The zero-order valence-electron chi connectivity index (χ0n) is 43.1. The monoisotopic (exact) mass is 1210 g/mol. The Morgan fingerprint density at radius 2 is 0.908 bits per heavy atom. The molecule has 31 heteroatoms. The number of ether oxygens (including phenoxy) is 6. The van der Waals surface area contributed by atoms with E-state index < -0.39 is 267 Å². The van der Waals surface area contributed by atoms with Crippen molar-refractivity contribution in [1.29, 1.82) is 0 Å². The summed E-state index contributed by atoms with van der Waals surface area (Å²) >= 11 is 0. The SMILES string of the molecule is O=C(O[C@@H]1COC(=O)c2cc(O)c(O)c(O)c2-c2c(cc(O)c(O)c2O)C(=O)O[C@H]1[C@@H]1OC(=O)c2cc(O)c(O)c(O)c2-c2c(O)c(O)c(O)c3c2C(=O)O[C@H]1[C@H]3c1c(O)cc2c(c1O)C[C@H](O)[C@@H](c1ccc(O)c(O)c1)O2)c1cc(O)c(O)c(O)c1. The molecule has 0 fully saturated rings. The second-order valence-corrected chi connectivity index (χ2v) is 19.9. The number of cyclic esters (lactones) is 3. The van der Waals surface area contributed by atoms with E-state index in [-0.39, 0.29) is 5.56 Å². The van der Waals surface area contributed by atoms with Crippen molar-refractivity contribution >= 4 is 29.8 Å². The molecule has 11 rings (SSSR count). The average molecular weight is 1210 g/mol. The van der Waals surface area contributed by atoms with E-state index in [1.165, 1.54) is 6.07 Å². The topological polar surface area (TPSA) is 545 Å². The fraction of sp³-hybridized carbons (Fsp3) is 0.161. The fourth-order valence-electron chi connectivity index (χ4n) is 10.9. The molecular formula is C56H40O31. The molecule has 0 aromatic heterocycles. The first kappa shape index (κ1) is 56.7. The summed E-state index contributed by atoms with van der Waals surface area (Å²) in [6, 6.07) is 6.01. The maximum atomic E-state index is 15.3. The molecule has 7 aromatic rings. The second-order valence-electron chi connectivity index (χ2n) is 19.9. The number of aliphatic hydroxyl groups is 1. The Kier molecular flexibility index (Phi) is 13.1. The lowest BCUT2D eigenvalue weighted by Crippen LogP contribution is -2.56. The van der Waals surface area contributed by atoms with Gasteiger partial charge < -0.3 is 131 Å². The summed E-state index contributed by atoms with van der Waals surface area (Å²) in [6.07, 6.45) is -15.4. The summed E-state index contributed by atoms with van der Waals surface area (Å²) in [5, 5.41) is 222. The van der Waals surface area contributed by atoms with Crippen LogP contribution in [0.15, 0.2) is 54.6 Å². The van der Waals surface area contributed by atoms with Crippen LogP contribution < -0.4 is 4.74 Å². The molecule has 7 atom stereocenters. The Morgan fingerprint density at radius 3 is 1.46 bits per heavy atom. The van der Waals surface area contributed by atoms with Crippen LogP contribution >= 0.6 is 0 Å². The van der Waals surface area contributed by atoms with Crippen molar-refractivity contribution in [2.45, 2.75) is 49.0 Å². The van der Waals surface area contributed by atoms with Crippen molar-refractivity contribution in [1.82, 2.24) is 0 Å². The van der Waals surface area contributed by atoms with E-state index in [1.54, 1.807) is 0 Å². The van der Waals surface area contributed by atoms with Crippen LogP contribution in [0.1, 0.15) is 86.1 Å². The van der Waals surface area contributed by atoms with Gasteiger partial charge in [-0.3, -0.25) is 0 Å². The van der Waals surface area contributed by atoms with Crippen LogP contribution in [-0.2, 0) is 30.1 Å². The highest BCUT2D eigenvalue weighted by Crippen LogP contribution is 2.62. The molecule has 20 N–H and O–H groups in total. The number of hydrogen-bond acceptors (Lipinski definition) is 31. The zero-order chi connectivity index (χ0) is 63.0. The number of carbonyl (C=O) groups excluding carboxylic acids is 5. The number of benzene rings is 7. The molecule has 87 heavy (non-hydrogen) atoms. The van der Waals surface area contributed by atoms with E-state index in [0.29, 0.717) is 30.3 Å². The Morgan fingerprint density at radius 1 is 0.414 bits per heavy atom. The fourth-order valence-corrected chi connectivity index (χ4v) is 10.9. The first-order valence-electron chi connectivity index (χ1n) is 24.9. The molecule has 4 aliphatic rings. The minimum Gasteiger partial charge on any atom is -0.507 e. The van der Waals surface area contributed by atoms with Crippen LogP contribution in [0.5, 0.6) is 115 Å². The highest BCUT2D eigenvalue weighted by Gasteiger charge is 2.56. The van der Waals surface area contributed by atoms with E-state index >= 15 is 14.4 Å². The minimum absolute atomic E-state index is 0.0205. The Balaban J connectivity index is 1.22. The number of fused-ring (bicyclic) bond motifs is 8. The van der Waals surface area contributed by atoms with Gasteiger partial charge in [-0.2, -0.15) is 0 Å². The average Bonchev–Trinajstić information content (AvgIpc) is 0.968. The first-order valence-corrected chi connectivity index (χ1v) is 24.9. The van der Waals surface area contributed by atoms with Crippen LogP contribution in [0.4, 0.5) is 0 Å². The van der Waals surface area contributed by atoms with Gasteiger partial charge in [0.1, 0.15) is 30.0 Å². The van der Waals surface area contributed by atoms with Gasteiger partial charge in [-0.05, 0) is 48.0 Å². The minimum atomic E-state index is -3.00. The van der Waals surface area contributed by atoms with Crippen molar-refractivity contribution in [3.8, 4) is 137 Å². The number of phenolic OH excluding ortho intramolecular Hbond substituents is 19. The summed E-state index contributed by atoms with van der Waals surface area (Å²) in [5.41, 5.74) is -13.3. The molecule has 0 aliphatic carbocycles. The van der Waals surface area contributed by atoms with Gasteiger partial charge >= 0.3 is 29.8 Å². The van der Waals surface area contributed by atoms with Crippen molar-refractivity contribution in [3.05, 3.63) is 105 Å². The van der Waals surface area contributed by atoms with Gasteiger partial charge in [0, 0.05) is 51.4 Å². The molecule has 0 unspecified atom stereocenters.